The highest BCUT2D eigenvalue weighted by Gasteiger charge is 2.07. The van der Waals surface area contributed by atoms with Crippen molar-refractivity contribution in [1.29, 1.82) is 0 Å². The summed E-state index contributed by atoms with van der Waals surface area (Å²) in [7, 11) is 0. The van der Waals surface area contributed by atoms with E-state index in [1.807, 2.05) is 31.2 Å². The molecule has 0 atom stereocenters. The van der Waals surface area contributed by atoms with Crippen molar-refractivity contribution in [2.75, 3.05) is 17.2 Å². The number of nitrogens with zero attached hydrogens (tertiary/aromatic N) is 2. The molecule has 0 amide bonds. The van der Waals surface area contributed by atoms with Crippen molar-refractivity contribution in [2.24, 2.45) is 0 Å². The molecule has 3 aromatic rings. The molecule has 0 bridgehead atoms. The summed E-state index contributed by atoms with van der Waals surface area (Å²) in [5.41, 5.74) is 1.61. The van der Waals surface area contributed by atoms with Crippen LogP contribution in [0.5, 0.6) is 0 Å². The summed E-state index contributed by atoms with van der Waals surface area (Å²) in [6.45, 7) is 2.81. The van der Waals surface area contributed by atoms with E-state index >= 15 is 0 Å². The van der Waals surface area contributed by atoms with E-state index in [9.17, 15) is 0 Å². The molecule has 0 saturated carbocycles. The molecule has 0 aliphatic carbocycles. The lowest BCUT2D eigenvalue weighted by atomic mass is 10.2. The quantitative estimate of drug-likeness (QED) is 0.696. The van der Waals surface area contributed by atoms with Crippen LogP contribution in [-0.2, 0) is 0 Å². The minimum atomic E-state index is 0.494. The second-order valence-corrected chi connectivity index (χ2v) is 5.60. The first kappa shape index (κ1) is 14.9. The molecule has 0 radical (unpaired) electrons. The van der Waals surface area contributed by atoms with E-state index in [2.05, 4.69) is 20.6 Å². The normalized spacial score (nSPS) is 10.7. The molecule has 0 saturated heterocycles. The van der Waals surface area contributed by atoms with Crippen LogP contribution in [0.1, 0.15) is 6.92 Å². The Morgan fingerprint density at radius 2 is 1.73 bits per heavy atom. The molecule has 112 valence electrons. The lowest BCUT2D eigenvalue weighted by Gasteiger charge is -2.11. The van der Waals surface area contributed by atoms with Crippen LogP contribution in [0.15, 0.2) is 42.5 Å². The zero-order valence-electron chi connectivity index (χ0n) is 11.9. The summed E-state index contributed by atoms with van der Waals surface area (Å²) >= 11 is 12.0. The van der Waals surface area contributed by atoms with Crippen LogP contribution in [0.3, 0.4) is 0 Å². The molecular weight excluding hydrogens is 319 g/mol. The molecule has 3 rings (SSSR count). The fourth-order valence-corrected chi connectivity index (χ4v) is 2.72. The van der Waals surface area contributed by atoms with Crippen molar-refractivity contribution in [2.45, 2.75) is 6.92 Å². The zero-order valence-corrected chi connectivity index (χ0v) is 13.4. The topological polar surface area (TPSA) is 49.8 Å². The highest BCUT2D eigenvalue weighted by atomic mass is 35.5. The van der Waals surface area contributed by atoms with Crippen molar-refractivity contribution in [3.05, 3.63) is 52.5 Å². The number of rotatable bonds is 4. The highest BCUT2D eigenvalue weighted by Crippen LogP contribution is 2.26. The summed E-state index contributed by atoms with van der Waals surface area (Å²) in [5.74, 6) is 1.29. The first-order valence-corrected chi connectivity index (χ1v) is 7.65. The molecule has 2 aromatic carbocycles. The van der Waals surface area contributed by atoms with Crippen molar-refractivity contribution in [1.82, 2.24) is 9.97 Å². The van der Waals surface area contributed by atoms with Gasteiger partial charge in [-0.05, 0) is 37.3 Å². The van der Waals surface area contributed by atoms with Gasteiger partial charge in [0, 0.05) is 27.7 Å². The minimum absolute atomic E-state index is 0.494. The van der Waals surface area contributed by atoms with Crippen molar-refractivity contribution < 1.29 is 0 Å². The molecule has 2 N–H and O–H groups in total. The molecule has 0 unspecified atom stereocenters. The maximum Gasteiger partial charge on any atom is 0.229 e. The Bertz CT molecular complexity index is 800. The van der Waals surface area contributed by atoms with Crippen molar-refractivity contribution in [3.63, 3.8) is 0 Å². The van der Waals surface area contributed by atoms with Crippen LogP contribution in [-0.4, -0.2) is 16.5 Å². The van der Waals surface area contributed by atoms with Crippen LogP contribution in [0, 0.1) is 0 Å². The van der Waals surface area contributed by atoms with Gasteiger partial charge in [0.2, 0.25) is 5.95 Å². The lowest BCUT2D eigenvalue weighted by Crippen LogP contribution is -2.04. The number of hydrogen-bond donors (Lipinski definition) is 2. The van der Waals surface area contributed by atoms with Gasteiger partial charge in [-0.25, -0.2) is 4.98 Å². The van der Waals surface area contributed by atoms with Gasteiger partial charge in [0.05, 0.1) is 5.52 Å². The van der Waals surface area contributed by atoms with Gasteiger partial charge in [-0.2, -0.15) is 4.98 Å². The SMILES string of the molecule is CCNc1nc(Nc2cc(Cl)cc(Cl)c2)nc2ccccc12. The van der Waals surface area contributed by atoms with E-state index in [0.29, 0.717) is 16.0 Å². The summed E-state index contributed by atoms with van der Waals surface area (Å²) in [6.07, 6.45) is 0. The molecule has 1 aromatic heterocycles. The van der Waals surface area contributed by atoms with Gasteiger partial charge >= 0.3 is 0 Å². The molecule has 0 aliphatic rings. The van der Waals surface area contributed by atoms with E-state index < -0.39 is 0 Å². The smallest absolute Gasteiger partial charge is 0.229 e. The van der Waals surface area contributed by atoms with Crippen LogP contribution in [0.4, 0.5) is 17.5 Å². The van der Waals surface area contributed by atoms with Crippen molar-refractivity contribution >= 4 is 51.6 Å². The predicted molar refractivity (Wildman–Crippen MR) is 93.4 cm³/mol. The number of halogens is 2. The molecule has 1 heterocycles. The Hall–Kier alpha value is -2.04. The number of benzene rings is 2. The maximum absolute atomic E-state index is 6.01. The van der Waals surface area contributed by atoms with Gasteiger partial charge in [0.15, 0.2) is 0 Å². The second-order valence-electron chi connectivity index (χ2n) is 4.73. The molecule has 22 heavy (non-hydrogen) atoms. The third-order valence-corrected chi connectivity index (χ3v) is 3.50. The van der Waals surface area contributed by atoms with Gasteiger partial charge in [-0.3, -0.25) is 0 Å². The summed E-state index contributed by atoms with van der Waals surface area (Å²) in [6, 6.07) is 13.1. The average Bonchev–Trinajstić information content (AvgIpc) is 2.46. The van der Waals surface area contributed by atoms with Crippen LogP contribution < -0.4 is 10.6 Å². The Balaban J connectivity index is 2.03. The first-order chi connectivity index (χ1) is 10.7. The predicted octanol–water partition coefficient (Wildman–Crippen LogP) is 5.11. The zero-order chi connectivity index (χ0) is 15.5. The minimum Gasteiger partial charge on any atom is -0.370 e. The Morgan fingerprint density at radius 1 is 1.00 bits per heavy atom. The van der Waals surface area contributed by atoms with Gasteiger partial charge in [-0.1, -0.05) is 35.3 Å². The van der Waals surface area contributed by atoms with Gasteiger partial charge in [-0.15, -0.1) is 0 Å². The van der Waals surface area contributed by atoms with E-state index in [1.165, 1.54) is 0 Å². The summed E-state index contributed by atoms with van der Waals surface area (Å²) in [5, 5.41) is 8.50. The third kappa shape index (κ3) is 3.24. The average molecular weight is 333 g/mol. The Labute approximate surface area is 138 Å². The van der Waals surface area contributed by atoms with E-state index in [1.54, 1.807) is 18.2 Å². The number of anilines is 3. The Kier molecular flexibility index (Phi) is 4.32. The highest BCUT2D eigenvalue weighted by molar-refractivity contribution is 6.35. The van der Waals surface area contributed by atoms with Crippen LogP contribution in [0.25, 0.3) is 10.9 Å². The van der Waals surface area contributed by atoms with Gasteiger partial charge < -0.3 is 10.6 Å². The molecule has 4 nitrogen and oxygen atoms in total. The van der Waals surface area contributed by atoms with E-state index in [4.69, 9.17) is 23.2 Å². The lowest BCUT2D eigenvalue weighted by molar-refractivity contribution is 1.14. The fraction of sp³-hybridized carbons (Fsp3) is 0.125. The Morgan fingerprint density at radius 3 is 2.45 bits per heavy atom. The van der Waals surface area contributed by atoms with E-state index in [-0.39, 0.29) is 0 Å². The van der Waals surface area contributed by atoms with Gasteiger partial charge in [0.1, 0.15) is 5.82 Å². The van der Waals surface area contributed by atoms with E-state index in [0.717, 1.165) is 29.0 Å². The number of aromatic nitrogens is 2. The standard InChI is InChI=1S/C16H14Cl2N4/c1-2-19-15-13-5-3-4-6-14(13)21-16(22-15)20-12-8-10(17)7-11(18)9-12/h3-9H,2H2,1H3,(H2,19,20,21,22). The van der Waals surface area contributed by atoms with Gasteiger partial charge in [0.25, 0.3) is 0 Å². The molecule has 6 heteroatoms. The third-order valence-electron chi connectivity index (χ3n) is 3.07. The molecule has 0 fully saturated rings. The van der Waals surface area contributed by atoms with Crippen LogP contribution >= 0.6 is 23.2 Å². The second kappa shape index (κ2) is 6.38. The number of nitrogens with one attached hydrogen (secondary N) is 2. The molecular formula is C16H14Cl2N4. The molecule has 0 aliphatic heterocycles. The number of para-hydroxylation sites is 1. The largest absolute Gasteiger partial charge is 0.370 e. The monoisotopic (exact) mass is 332 g/mol. The molecule has 0 spiro atoms. The number of hydrogen-bond acceptors (Lipinski definition) is 4. The number of fused-ring (bicyclic) bond motifs is 1. The summed E-state index contributed by atoms with van der Waals surface area (Å²) < 4.78 is 0. The van der Waals surface area contributed by atoms with Crippen LogP contribution in [0.2, 0.25) is 10.0 Å². The first-order valence-electron chi connectivity index (χ1n) is 6.89. The van der Waals surface area contributed by atoms with Crippen molar-refractivity contribution in [3.8, 4) is 0 Å². The fourth-order valence-electron chi connectivity index (χ4n) is 2.19. The maximum atomic E-state index is 6.01. The summed E-state index contributed by atoms with van der Waals surface area (Å²) in [4.78, 5) is 9.05.